The molecule has 1 rings (SSSR count). The smallest absolute Gasteiger partial charge is 0.314 e. The number of rotatable bonds is 3. The Bertz CT molecular complexity index is 481. The molecule has 0 atom stereocenters. The van der Waals surface area contributed by atoms with Crippen LogP contribution in [-0.4, -0.2) is 29.4 Å². The SMILES string of the molecule is CN(CC#N)C(=O)Nc1cccc([N+](=O)[O-])c1. The van der Waals surface area contributed by atoms with Crippen LogP contribution in [0.5, 0.6) is 0 Å². The van der Waals surface area contributed by atoms with Crippen LogP contribution in [0.4, 0.5) is 16.2 Å². The number of nitrogens with one attached hydrogen (secondary N) is 1. The van der Waals surface area contributed by atoms with E-state index in [0.29, 0.717) is 5.69 Å². The van der Waals surface area contributed by atoms with Gasteiger partial charge in [0.15, 0.2) is 0 Å². The molecule has 0 heterocycles. The molecule has 1 aromatic carbocycles. The van der Waals surface area contributed by atoms with Crippen molar-refractivity contribution in [1.82, 2.24) is 4.90 Å². The van der Waals surface area contributed by atoms with Crippen LogP contribution in [-0.2, 0) is 0 Å². The van der Waals surface area contributed by atoms with E-state index in [4.69, 9.17) is 5.26 Å². The minimum atomic E-state index is -0.547. The van der Waals surface area contributed by atoms with E-state index < -0.39 is 11.0 Å². The van der Waals surface area contributed by atoms with Gasteiger partial charge in [-0.15, -0.1) is 0 Å². The topological polar surface area (TPSA) is 99.3 Å². The second-order valence-electron chi connectivity index (χ2n) is 3.25. The first-order valence-corrected chi connectivity index (χ1v) is 4.68. The summed E-state index contributed by atoms with van der Waals surface area (Å²) in [5, 5.41) is 21.4. The zero-order chi connectivity index (χ0) is 12.8. The number of hydrogen-bond donors (Lipinski definition) is 1. The third-order valence-electron chi connectivity index (χ3n) is 1.96. The highest BCUT2D eigenvalue weighted by Crippen LogP contribution is 2.17. The molecule has 0 unspecified atom stereocenters. The molecule has 0 fully saturated rings. The van der Waals surface area contributed by atoms with Crippen molar-refractivity contribution in [2.24, 2.45) is 0 Å². The Morgan fingerprint density at radius 1 is 1.65 bits per heavy atom. The molecule has 2 amide bonds. The Kier molecular flexibility index (Phi) is 4.00. The Hall–Kier alpha value is -2.62. The van der Waals surface area contributed by atoms with Crippen molar-refractivity contribution in [1.29, 1.82) is 5.26 Å². The molecule has 7 heteroatoms. The fourth-order valence-electron chi connectivity index (χ4n) is 1.09. The number of nitrogens with zero attached hydrogens (tertiary/aromatic N) is 3. The summed E-state index contributed by atoms with van der Waals surface area (Å²) in [6.07, 6.45) is 0. The molecule has 0 saturated carbocycles. The van der Waals surface area contributed by atoms with Crippen molar-refractivity contribution in [3.63, 3.8) is 0 Å². The van der Waals surface area contributed by atoms with Gasteiger partial charge in [0.05, 0.1) is 11.0 Å². The third-order valence-corrected chi connectivity index (χ3v) is 1.96. The van der Waals surface area contributed by atoms with Crippen molar-refractivity contribution < 1.29 is 9.72 Å². The molecule has 1 aromatic rings. The summed E-state index contributed by atoms with van der Waals surface area (Å²) in [5.74, 6) is 0. The highest BCUT2D eigenvalue weighted by molar-refractivity contribution is 5.89. The van der Waals surface area contributed by atoms with Gasteiger partial charge in [0.1, 0.15) is 6.54 Å². The number of nitro benzene ring substituents is 1. The standard InChI is InChI=1S/C10H10N4O3/c1-13(6-5-11)10(15)12-8-3-2-4-9(7-8)14(16)17/h2-4,7H,6H2,1H3,(H,12,15). The van der Waals surface area contributed by atoms with Gasteiger partial charge in [-0.2, -0.15) is 5.26 Å². The molecule has 7 nitrogen and oxygen atoms in total. The van der Waals surface area contributed by atoms with E-state index in [0.717, 1.165) is 0 Å². The molecule has 17 heavy (non-hydrogen) atoms. The van der Waals surface area contributed by atoms with Gasteiger partial charge in [-0.25, -0.2) is 4.79 Å². The lowest BCUT2D eigenvalue weighted by molar-refractivity contribution is -0.384. The van der Waals surface area contributed by atoms with Gasteiger partial charge in [-0.3, -0.25) is 10.1 Å². The van der Waals surface area contributed by atoms with E-state index in [2.05, 4.69) is 5.32 Å². The van der Waals surface area contributed by atoms with Gasteiger partial charge in [0.25, 0.3) is 5.69 Å². The number of carbonyl (C=O) groups excluding carboxylic acids is 1. The summed E-state index contributed by atoms with van der Waals surface area (Å²) < 4.78 is 0. The molecule has 0 aliphatic heterocycles. The molecule has 0 aliphatic rings. The molecule has 0 saturated heterocycles. The zero-order valence-electron chi connectivity index (χ0n) is 9.08. The lowest BCUT2D eigenvalue weighted by Crippen LogP contribution is -2.31. The largest absolute Gasteiger partial charge is 0.322 e. The number of amides is 2. The van der Waals surface area contributed by atoms with Crippen LogP contribution in [0.3, 0.4) is 0 Å². The van der Waals surface area contributed by atoms with Gasteiger partial charge >= 0.3 is 6.03 Å². The number of nitriles is 1. The maximum atomic E-state index is 11.5. The first kappa shape index (κ1) is 12.4. The van der Waals surface area contributed by atoms with Crippen LogP contribution in [0.25, 0.3) is 0 Å². The fourth-order valence-corrected chi connectivity index (χ4v) is 1.09. The van der Waals surface area contributed by atoms with Crippen LogP contribution < -0.4 is 5.32 Å². The minimum absolute atomic E-state index is 0.0548. The first-order valence-electron chi connectivity index (χ1n) is 4.68. The minimum Gasteiger partial charge on any atom is -0.314 e. The van der Waals surface area contributed by atoms with E-state index in [9.17, 15) is 14.9 Å². The third kappa shape index (κ3) is 3.46. The normalized spacial score (nSPS) is 9.18. The van der Waals surface area contributed by atoms with Crippen LogP contribution in [0.1, 0.15) is 0 Å². The molecule has 0 bridgehead atoms. The molecule has 88 valence electrons. The molecule has 1 N–H and O–H groups in total. The fraction of sp³-hybridized carbons (Fsp3) is 0.200. The lowest BCUT2D eigenvalue weighted by Gasteiger charge is -2.13. The molecule has 0 spiro atoms. The van der Waals surface area contributed by atoms with Crippen molar-refractivity contribution in [2.45, 2.75) is 0 Å². The predicted molar refractivity (Wildman–Crippen MR) is 60.4 cm³/mol. The molecular weight excluding hydrogens is 224 g/mol. The number of urea groups is 1. The molecular formula is C10H10N4O3. The second kappa shape index (κ2) is 5.46. The number of non-ortho nitro benzene ring substituents is 1. The van der Waals surface area contributed by atoms with Crippen molar-refractivity contribution >= 4 is 17.4 Å². The summed E-state index contributed by atoms with van der Waals surface area (Å²) in [6.45, 7) is -0.0548. The van der Waals surface area contributed by atoms with Gasteiger partial charge < -0.3 is 10.2 Å². The van der Waals surface area contributed by atoms with Gasteiger partial charge in [-0.05, 0) is 6.07 Å². The van der Waals surface area contributed by atoms with Gasteiger partial charge in [0, 0.05) is 24.9 Å². The second-order valence-corrected chi connectivity index (χ2v) is 3.25. The Balaban J connectivity index is 2.75. The Morgan fingerprint density at radius 2 is 2.35 bits per heavy atom. The summed E-state index contributed by atoms with van der Waals surface area (Å²) in [5.41, 5.74) is 0.208. The Labute approximate surface area is 97.4 Å². The first-order chi connectivity index (χ1) is 8.04. The van der Waals surface area contributed by atoms with Gasteiger partial charge in [0.2, 0.25) is 0 Å². The number of hydrogen-bond acceptors (Lipinski definition) is 4. The highest BCUT2D eigenvalue weighted by Gasteiger charge is 2.10. The van der Waals surface area contributed by atoms with Crippen molar-refractivity contribution in [3.8, 4) is 6.07 Å². The molecule has 0 radical (unpaired) electrons. The predicted octanol–water partition coefficient (Wildman–Crippen LogP) is 1.58. The Morgan fingerprint density at radius 3 is 2.94 bits per heavy atom. The van der Waals surface area contributed by atoms with Gasteiger partial charge in [-0.1, -0.05) is 6.07 Å². The number of benzene rings is 1. The van der Waals surface area contributed by atoms with E-state index in [-0.39, 0.29) is 12.2 Å². The summed E-state index contributed by atoms with van der Waals surface area (Å²) in [6, 6.07) is 6.91. The summed E-state index contributed by atoms with van der Waals surface area (Å²) in [4.78, 5) is 22.6. The van der Waals surface area contributed by atoms with E-state index in [1.54, 1.807) is 0 Å². The molecule has 0 aliphatic carbocycles. The average Bonchev–Trinajstić information content (AvgIpc) is 2.29. The quantitative estimate of drug-likeness (QED) is 0.487. The summed E-state index contributed by atoms with van der Waals surface area (Å²) >= 11 is 0. The number of nitro groups is 1. The summed E-state index contributed by atoms with van der Waals surface area (Å²) in [7, 11) is 1.45. The maximum Gasteiger partial charge on any atom is 0.322 e. The van der Waals surface area contributed by atoms with E-state index >= 15 is 0 Å². The van der Waals surface area contributed by atoms with Crippen LogP contribution in [0.2, 0.25) is 0 Å². The van der Waals surface area contributed by atoms with E-state index in [1.165, 1.54) is 36.2 Å². The maximum absolute atomic E-state index is 11.5. The molecule has 0 aromatic heterocycles. The van der Waals surface area contributed by atoms with Crippen LogP contribution in [0.15, 0.2) is 24.3 Å². The van der Waals surface area contributed by atoms with Crippen molar-refractivity contribution in [2.75, 3.05) is 18.9 Å². The van der Waals surface area contributed by atoms with Crippen LogP contribution in [0, 0.1) is 21.4 Å². The van der Waals surface area contributed by atoms with Crippen LogP contribution >= 0.6 is 0 Å². The number of carbonyl (C=O) groups is 1. The zero-order valence-corrected chi connectivity index (χ0v) is 9.08. The lowest BCUT2D eigenvalue weighted by atomic mass is 10.3. The monoisotopic (exact) mass is 234 g/mol. The van der Waals surface area contributed by atoms with E-state index in [1.807, 2.05) is 6.07 Å². The average molecular weight is 234 g/mol. The van der Waals surface area contributed by atoms with Crippen molar-refractivity contribution in [3.05, 3.63) is 34.4 Å². The highest BCUT2D eigenvalue weighted by atomic mass is 16.6. The number of anilines is 1.